The molecule has 0 N–H and O–H groups in total. The maximum atomic E-state index is 13.1. The normalized spacial score (nSPS) is 15.7. The molecule has 7 nitrogen and oxygen atoms in total. The summed E-state index contributed by atoms with van der Waals surface area (Å²) in [7, 11) is 0. The van der Waals surface area contributed by atoms with Crippen LogP contribution < -0.4 is 4.90 Å². The molecule has 3 heterocycles. The van der Waals surface area contributed by atoms with Gasteiger partial charge in [0.2, 0.25) is 0 Å². The van der Waals surface area contributed by atoms with Crippen LogP contribution in [-0.2, 0) is 6.42 Å². The standard InChI is InChI=1S/C26H24N4O3/c31-24(29-16-14-28(15-17-29)23-8-4-5-12-27-23)20-9-10-21-22(18-20)26(33)30(25(21)32)13-11-19-6-2-1-3-7-19/h1-10,12,18H,11,13-17H2. The zero-order chi connectivity index (χ0) is 22.8. The van der Waals surface area contributed by atoms with Crippen molar-refractivity contribution in [1.82, 2.24) is 14.8 Å². The quantitative estimate of drug-likeness (QED) is 0.571. The van der Waals surface area contributed by atoms with Gasteiger partial charge in [-0.15, -0.1) is 0 Å². The number of amides is 3. The molecule has 0 atom stereocenters. The van der Waals surface area contributed by atoms with Crippen molar-refractivity contribution in [2.24, 2.45) is 0 Å². The van der Waals surface area contributed by atoms with Gasteiger partial charge in [-0.05, 0) is 42.3 Å². The Morgan fingerprint density at radius 1 is 0.818 bits per heavy atom. The first-order chi connectivity index (χ1) is 16.1. The van der Waals surface area contributed by atoms with E-state index in [1.807, 2.05) is 48.5 Å². The molecule has 166 valence electrons. The number of hydrogen-bond acceptors (Lipinski definition) is 5. The summed E-state index contributed by atoms with van der Waals surface area (Å²) in [6.45, 7) is 2.84. The summed E-state index contributed by atoms with van der Waals surface area (Å²) in [4.78, 5) is 48.4. The lowest BCUT2D eigenvalue weighted by atomic mass is 10.0. The molecule has 3 aromatic rings. The van der Waals surface area contributed by atoms with E-state index in [1.54, 1.807) is 29.3 Å². The first-order valence-corrected chi connectivity index (χ1v) is 11.1. The Hall–Kier alpha value is -4.00. The van der Waals surface area contributed by atoms with E-state index < -0.39 is 0 Å². The summed E-state index contributed by atoms with van der Waals surface area (Å²) < 4.78 is 0. The van der Waals surface area contributed by atoms with Crippen molar-refractivity contribution in [2.45, 2.75) is 6.42 Å². The Labute approximate surface area is 192 Å². The fourth-order valence-corrected chi connectivity index (χ4v) is 4.37. The Kier molecular flexibility index (Phi) is 5.60. The predicted octanol–water partition coefficient (Wildman–Crippen LogP) is 2.88. The van der Waals surface area contributed by atoms with Gasteiger partial charge in [0.05, 0.1) is 11.1 Å². The van der Waals surface area contributed by atoms with E-state index in [1.165, 1.54) is 4.90 Å². The highest BCUT2D eigenvalue weighted by atomic mass is 16.2. The Morgan fingerprint density at radius 3 is 2.27 bits per heavy atom. The van der Waals surface area contributed by atoms with Crippen molar-refractivity contribution in [3.63, 3.8) is 0 Å². The molecule has 7 heteroatoms. The van der Waals surface area contributed by atoms with Gasteiger partial charge >= 0.3 is 0 Å². The third kappa shape index (κ3) is 4.09. The van der Waals surface area contributed by atoms with Crippen LogP contribution in [0.15, 0.2) is 72.9 Å². The van der Waals surface area contributed by atoms with Gasteiger partial charge in [-0.25, -0.2) is 4.98 Å². The van der Waals surface area contributed by atoms with Gasteiger partial charge < -0.3 is 9.80 Å². The van der Waals surface area contributed by atoms with E-state index in [0.717, 1.165) is 11.4 Å². The number of fused-ring (bicyclic) bond motifs is 1. The summed E-state index contributed by atoms with van der Waals surface area (Å²) in [6, 6.07) is 20.4. The SMILES string of the molecule is O=C(c1ccc2c(c1)C(=O)N(CCc1ccccc1)C2=O)N1CCN(c2ccccn2)CC1. The Balaban J connectivity index is 1.26. The maximum Gasteiger partial charge on any atom is 0.261 e. The second-order valence-electron chi connectivity index (χ2n) is 8.23. The van der Waals surface area contributed by atoms with E-state index in [9.17, 15) is 14.4 Å². The lowest BCUT2D eigenvalue weighted by Gasteiger charge is -2.35. The number of carbonyl (C=O) groups is 3. The minimum Gasteiger partial charge on any atom is -0.353 e. The molecule has 0 aliphatic carbocycles. The number of pyridine rings is 1. The van der Waals surface area contributed by atoms with Gasteiger partial charge in [0.25, 0.3) is 17.7 Å². The molecular weight excluding hydrogens is 416 g/mol. The molecule has 0 radical (unpaired) electrons. The number of benzene rings is 2. The third-order valence-electron chi connectivity index (χ3n) is 6.22. The molecule has 2 aliphatic rings. The number of aromatic nitrogens is 1. The van der Waals surface area contributed by atoms with Crippen molar-refractivity contribution >= 4 is 23.5 Å². The molecule has 1 aromatic heterocycles. The lowest BCUT2D eigenvalue weighted by Crippen LogP contribution is -2.49. The number of imide groups is 1. The Bertz CT molecular complexity index is 1190. The van der Waals surface area contributed by atoms with Crippen molar-refractivity contribution < 1.29 is 14.4 Å². The maximum absolute atomic E-state index is 13.1. The number of rotatable bonds is 5. The summed E-state index contributed by atoms with van der Waals surface area (Å²) in [5.41, 5.74) is 2.18. The molecule has 0 bridgehead atoms. The molecule has 5 rings (SSSR count). The average molecular weight is 441 g/mol. The van der Waals surface area contributed by atoms with Crippen molar-refractivity contribution in [1.29, 1.82) is 0 Å². The van der Waals surface area contributed by atoms with Crippen molar-refractivity contribution in [2.75, 3.05) is 37.6 Å². The summed E-state index contributed by atoms with van der Waals surface area (Å²) in [5.74, 6) is 0.151. The van der Waals surface area contributed by atoms with Gasteiger partial charge in [0.15, 0.2) is 0 Å². The van der Waals surface area contributed by atoms with E-state index in [-0.39, 0.29) is 17.7 Å². The van der Waals surface area contributed by atoms with Gasteiger partial charge in [0.1, 0.15) is 5.82 Å². The molecular formula is C26H24N4O3. The average Bonchev–Trinajstić information content (AvgIpc) is 3.12. The second-order valence-corrected chi connectivity index (χ2v) is 8.23. The smallest absolute Gasteiger partial charge is 0.261 e. The number of nitrogens with zero attached hydrogens (tertiary/aromatic N) is 4. The van der Waals surface area contributed by atoms with Gasteiger partial charge in [-0.1, -0.05) is 36.4 Å². The van der Waals surface area contributed by atoms with Gasteiger partial charge in [-0.3, -0.25) is 19.3 Å². The molecule has 0 saturated carbocycles. The van der Waals surface area contributed by atoms with E-state index >= 15 is 0 Å². The van der Waals surface area contributed by atoms with Crippen LogP contribution in [-0.4, -0.2) is 65.2 Å². The number of carbonyl (C=O) groups excluding carboxylic acids is 3. The van der Waals surface area contributed by atoms with E-state index in [0.29, 0.717) is 55.8 Å². The molecule has 2 aromatic carbocycles. The molecule has 33 heavy (non-hydrogen) atoms. The van der Waals surface area contributed by atoms with Crippen LogP contribution in [0.1, 0.15) is 36.6 Å². The van der Waals surface area contributed by atoms with E-state index in [2.05, 4.69) is 9.88 Å². The van der Waals surface area contributed by atoms with Crippen molar-refractivity contribution in [3.05, 3.63) is 95.2 Å². The van der Waals surface area contributed by atoms with Crippen LogP contribution in [0, 0.1) is 0 Å². The highest BCUT2D eigenvalue weighted by molar-refractivity contribution is 6.22. The summed E-state index contributed by atoms with van der Waals surface area (Å²) in [5, 5.41) is 0. The van der Waals surface area contributed by atoms with Gasteiger partial charge in [0, 0.05) is 44.5 Å². The molecule has 2 aliphatic heterocycles. The second kappa shape index (κ2) is 8.86. The number of hydrogen-bond donors (Lipinski definition) is 0. The highest BCUT2D eigenvalue weighted by Crippen LogP contribution is 2.25. The van der Waals surface area contributed by atoms with Crippen LogP contribution in [0.2, 0.25) is 0 Å². The lowest BCUT2D eigenvalue weighted by molar-refractivity contribution is 0.0655. The summed E-state index contributed by atoms with van der Waals surface area (Å²) >= 11 is 0. The fraction of sp³-hybridized carbons (Fsp3) is 0.231. The monoisotopic (exact) mass is 440 g/mol. The minimum atomic E-state index is -0.333. The Morgan fingerprint density at radius 2 is 1.55 bits per heavy atom. The minimum absolute atomic E-state index is 0.124. The predicted molar refractivity (Wildman–Crippen MR) is 124 cm³/mol. The first kappa shape index (κ1) is 20.9. The zero-order valence-corrected chi connectivity index (χ0v) is 18.2. The van der Waals surface area contributed by atoms with Crippen LogP contribution in [0.5, 0.6) is 0 Å². The topological polar surface area (TPSA) is 73.8 Å². The van der Waals surface area contributed by atoms with Crippen LogP contribution in [0.4, 0.5) is 5.82 Å². The molecule has 1 fully saturated rings. The highest BCUT2D eigenvalue weighted by Gasteiger charge is 2.36. The molecule has 0 spiro atoms. The third-order valence-corrected chi connectivity index (χ3v) is 6.22. The van der Waals surface area contributed by atoms with Crippen molar-refractivity contribution in [3.8, 4) is 0 Å². The first-order valence-electron chi connectivity index (χ1n) is 11.1. The fourth-order valence-electron chi connectivity index (χ4n) is 4.37. The van der Waals surface area contributed by atoms with Crippen LogP contribution in [0.25, 0.3) is 0 Å². The van der Waals surface area contributed by atoms with Crippen LogP contribution >= 0.6 is 0 Å². The summed E-state index contributed by atoms with van der Waals surface area (Å²) in [6.07, 6.45) is 2.36. The van der Waals surface area contributed by atoms with Crippen LogP contribution in [0.3, 0.4) is 0 Å². The number of piperazine rings is 1. The molecule has 3 amide bonds. The molecule has 0 unspecified atom stereocenters. The van der Waals surface area contributed by atoms with Gasteiger partial charge in [-0.2, -0.15) is 0 Å². The van der Waals surface area contributed by atoms with E-state index in [4.69, 9.17) is 0 Å². The number of anilines is 1. The largest absolute Gasteiger partial charge is 0.353 e. The zero-order valence-electron chi connectivity index (χ0n) is 18.2. The molecule has 1 saturated heterocycles.